The second-order valence-electron chi connectivity index (χ2n) is 6.20. The molecule has 0 aliphatic carbocycles. The Morgan fingerprint density at radius 3 is 2.21 bits per heavy atom. The van der Waals surface area contributed by atoms with Gasteiger partial charge in [0.2, 0.25) is 0 Å². The number of benzene rings is 3. The van der Waals surface area contributed by atoms with Gasteiger partial charge < -0.3 is 4.74 Å². The van der Waals surface area contributed by atoms with Crippen LogP contribution in [0.15, 0.2) is 89.8 Å². The van der Waals surface area contributed by atoms with Crippen LogP contribution in [0.1, 0.15) is 22.8 Å². The molecule has 0 atom stereocenters. The van der Waals surface area contributed by atoms with Crippen LogP contribution < -0.4 is 9.46 Å². The molecule has 0 aromatic heterocycles. The minimum absolute atomic E-state index is 0.170. The van der Waals surface area contributed by atoms with Crippen molar-refractivity contribution in [3.05, 3.63) is 96.1 Å². The Morgan fingerprint density at radius 1 is 0.931 bits per heavy atom. The van der Waals surface area contributed by atoms with Gasteiger partial charge in [0, 0.05) is 11.3 Å². The number of sulfonamides is 1. The van der Waals surface area contributed by atoms with Crippen molar-refractivity contribution in [2.24, 2.45) is 0 Å². The molecule has 0 fully saturated rings. The number of ether oxygens (including phenoxy) is 1. The lowest BCUT2D eigenvalue weighted by Gasteiger charge is -2.08. The molecule has 148 valence electrons. The number of rotatable bonds is 8. The molecule has 0 amide bonds. The van der Waals surface area contributed by atoms with Gasteiger partial charge in [-0.05, 0) is 67.1 Å². The molecule has 0 saturated heterocycles. The summed E-state index contributed by atoms with van der Waals surface area (Å²) in [5.41, 5.74) is 1.74. The van der Waals surface area contributed by atoms with E-state index in [1.54, 1.807) is 48.5 Å². The number of allylic oxidation sites excluding steroid dienone is 1. The first-order valence-corrected chi connectivity index (χ1v) is 10.6. The third-order valence-corrected chi connectivity index (χ3v) is 5.49. The maximum Gasteiger partial charge on any atom is 0.261 e. The summed E-state index contributed by atoms with van der Waals surface area (Å²) >= 11 is 0. The molecule has 3 aromatic rings. The van der Waals surface area contributed by atoms with E-state index in [4.69, 9.17) is 4.74 Å². The lowest BCUT2D eigenvalue weighted by atomic mass is 10.1. The topological polar surface area (TPSA) is 72.5 Å². The lowest BCUT2D eigenvalue weighted by molar-refractivity contribution is 0.104. The van der Waals surface area contributed by atoms with Crippen LogP contribution in [0.25, 0.3) is 6.08 Å². The number of carbonyl (C=O) groups excluding carboxylic acids is 1. The first-order valence-electron chi connectivity index (χ1n) is 9.11. The number of hydrogen-bond acceptors (Lipinski definition) is 4. The van der Waals surface area contributed by atoms with Crippen molar-refractivity contribution in [1.82, 2.24) is 0 Å². The molecule has 0 spiro atoms. The average molecular weight is 407 g/mol. The fourth-order valence-electron chi connectivity index (χ4n) is 2.63. The zero-order chi connectivity index (χ0) is 20.7. The van der Waals surface area contributed by atoms with E-state index in [2.05, 4.69) is 4.72 Å². The SMILES string of the molecule is CCOc1ccc(/C=C/C(=O)c2ccc(NS(=O)(=O)c3ccccc3)cc2)cc1. The second kappa shape index (κ2) is 9.21. The monoisotopic (exact) mass is 407 g/mol. The Morgan fingerprint density at radius 2 is 1.59 bits per heavy atom. The predicted octanol–water partition coefficient (Wildman–Crippen LogP) is 4.78. The van der Waals surface area contributed by atoms with E-state index in [0.29, 0.717) is 17.9 Å². The van der Waals surface area contributed by atoms with Crippen LogP contribution in [0.4, 0.5) is 5.69 Å². The molecule has 0 aliphatic heterocycles. The quantitative estimate of drug-likeness (QED) is 0.431. The fraction of sp³-hybridized carbons (Fsp3) is 0.0870. The van der Waals surface area contributed by atoms with Gasteiger partial charge in [0.15, 0.2) is 5.78 Å². The molecular weight excluding hydrogens is 386 g/mol. The molecule has 1 N–H and O–H groups in total. The first-order chi connectivity index (χ1) is 14.0. The Hall–Kier alpha value is -3.38. The van der Waals surface area contributed by atoms with Crippen LogP contribution in [0.3, 0.4) is 0 Å². The standard InChI is InChI=1S/C23H21NO4S/c1-2-28-21-15-8-18(9-16-21)10-17-23(25)19-11-13-20(14-12-19)24-29(26,27)22-6-4-3-5-7-22/h3-17,24H,2H2,1H3/b17-10+. The zero-order valence-electron chi connectivity index (χ0n) is 15.9. The average Bonchev–Trinajstić information content (AvgIpc) is 2.74. The van der Waals surface area contributed by atoms with Crippen molar-refractivity contribution < 1.29 is 17.9 Å². The largest absolute Gasteiger partial charge is 0.494 e. The van der Waals surface area contributed by atoms with Crippen LogP contribution in [0.2, 0.25) is 0 Å². The van der Waals surface area contributed by atoms with Gasteiger partial charge in [-0.25, -0.2) is 8.42 Å². The minimum atomic E-state index is -3.66. The van der Waals surface area contributed by atoms with E-state index in [-0.39, 0.29) is 10.7 Å². The highest BCUT2D eigenvalue weighted by atomic mass is 32.2. The highest BCUT2D eigenvalue weighted by molar-refractivity contribution is 7.92. The van der Waals surface area contributed by atoms with Crippen molar-refractivity contribution in [2.45, 2.75) is 11.8 Å². The van der Waals surface area contributed by atoms with E-state index < -0.39 is 10.0 Å². The number of carbonyl (C=O) groups is 1. The first kappa shape index (κ1) is 20.4. The Labute approximate surface area is 170 Å². The Bertz CT molecular complexity index is 1090. The van der Waals surface area contributed by atoms with Crippen LogP contribution in [0.5, 0.6) is 5.75 Å². The molecule has 6 heteroatoms. The van der Waals surface area contributed by atoms with Gasteiger partial charge in [-0.3, -0.25) is 9.52 Å². The van der Waals surface area contributed by atoms with E-state index >= 15 is 0 Å². The highest BCUT2D eigenvalue weighted by Crippen LogP contribution is 2.17. The van der Waals surface area contributed by atoms with Crippen molar-refractivity contribution in [2.75, 3.05) is 11.3 Å². The Balaban J connectivity index is 1.65. The molecule has 5 nitrogen and oxygen atoms in total. The van der Waals surface area contributed by atoms with Gasteiger partial charge in [-0.15, -0.1) is 0 Å². The summed E-state index contributed by atoms with van der Waals surface area (Å²) in [6.45, 7) is 2.52. The molecule has 3 aromatic carbocycles. The van der Waals surface area contributed by atoms with Crippen LogP contribution in [0, 0.1) is 0 Å². The summed E-state index contributed by atoms with van der Waals surface area (Å²) in [7, 11) is -3.66. The summed E-state index contributed by atoms with van der Waals surface area (Å²) in [6, 6.07) is 21.9. The molecule has 0 heterocycles. The van der Waals surface area contributed by atoms with Gasteiger partial charge in [-0.2, -0.15) is 0 Å². The minimum Gasteiger partial charge on any atom is -0.494 e. The predicted molar refractivity (Wildman–Crippen MR) is 115 cm³/mol. The van der Waals surface area contributed by atoms with Crippen LogP contribution in [-0.4, -0.2) is 20.8 Å². The summed E-state index contributed by atoms with van der Waals surface area (Å²) < 4.78 is 32.6. The van der Waals surface area contributed by atoms with E-state index in [1.165, 1.54) is 18.2 Å². The lowest BCUT2D eigenvalue weighted by Crippen LogP contribution is -2.12. The fourth-order valence-corrected chi connectivity index (χ4v) is 3.71. The van der Waals surface area contributed by atoms with Gasteiger partial charge in [0.05, 0.1) is 11.5 Å². The molecule has 0 radical (unpaired) electrons. The molecule has 0 bridgehead atoms. The van der Waals surface area contributed by atoms with Gasteiger partial charge in [-0.1, -0.05) is 36.4 Å². The van der Waals surface area contributed by atoms with Crippen molar-refractivity contribution in [1.29, 1.82) is 0 Å². The number of nitrogens with one attached hydrogen (secondary N) is 1. The van der Waals surface area contributed by atoms with Crippen LogP contribution >= 0.6 is 0 Å². The molecule has 3 rings (SSSR count). The number of hydrogen-bond donors (Lipinski definition) is 1. The van der Waals surface area contributed by atoms with Gasteiger partial charge in [0.1, 0.15) is 5.75 Å². The zero-order valence-corrected chi connectivity index (χ0v) is 16.7. The number of anilines is 1. The summed E-state index contributed by atoms with van der Waals surface area (Å²) in [4.78, 5) is 12.5. The molecule has 0 saturated carbocycles. The van der Waals surface area contributed by atoms with E-state index in [9.17, 15) is 13.2 Å². The second-order valence-corrected chi connectivity index (χ2v) is 7.88. The van der Waals surface area contributed by atoms with E-state index in [1.807, 2.05) is 31.2 Å². The highest BCUT2D eigenvalue weighted by Gasteiger charge is 2.13. The Kier molecular flexibility index (Phi) is 6.46. The van der Waals surface area contributed by atoms with Crippen molar-refractivity contribution in [3.63, 3.8) is 0 Å². The summed E-state index contributed by atoms with van der Waals surface area (Å²) in [6.07, 6.45) is 3.21. The van der Waals surface area contributed by atoms with Gasteiger partial charge >= 0.3 is 0 Å². The van der Waals surface area contributed by atoms with Crippen molar-refractivity contribution >= 4 is 27.6 Å². The van der Waals surface area contributed by atoms with E-state index in [0.717, 1.165) is 11.3 Å². The maximum atomic E-state index is 12.4. The molecular formula is C23H21NO4S. The smallest absolute Gasteiger partial charge is 0.261 e. The summed E-state index contributed by atoms with van der Waals surface area (Å²) in [5, 5.41) is 0. The maximum absolute atomic E-state index is 12.4. The van der Waals surface area contributed by atoms with Crippen molar-refractivity contribution in [3.8, 4) is 5.75 Å². The third-order valence-electron chi connectivity index (χ3n) is 4.09. The molecule has 29 heavy (non-hydrogen) atoms. The molecule has 0 unspecified atom stereocenters. The third kappa shape index (κ3) is 5.56. The normalized spacial score (nSPS) is 11.3. The molecule has 0 aliphatic rings. The number of ketones is 1. The van der Waals surface area contributed by atoms with Gasteiger partial charge in [0.25, 0.3) is 10.0 Å². The van der Waals surface area contributed by atoms with Crippen LogP contribution in [-0.2, 0) is 10.0 Å². The summed E-state index contributed by atoms with van der Waals surface area (Å²) in [5.74, 6) is 0.612.